The fourth-order valence-corrected chi connectivity index (χ4v) is 3.61. The fraction of sp³-hybridized carbons (Fsp3) is 0.364. The van der Waals surface area contributed by atoms with Crippen molar-refractivity contribution in [1.29, 1.82) is 0 Å². The highest BCUT2D eigenvalue weighted by Crippen LogP contribution is 2.26. The number of aromatic carboxylic acids is 1. The highest BCUT2D eigenvalue weighted by atomic mass is 35.5. The van der Waals surface area contributed by atoms with Crippen LogP contribution in [-0.2, 0) is 6.54 Å². The number of halogens is 1. The molecular formula is C22H26ClN3O2. The molecule has 1 aromatic heterocycles. The summed E-state index contributed by atoms with van der Waals surface area (Å²) in [5.74, 6) is -0.116. The molecule has 0 spiro atoms. The van der Waals surface area contributed by atoms with Crippen molar-refractivity contribution in [3.05, 3.63) is 58.4 Å². The van der Waals surface area contributed by atoms with Crippen LogP contribution in [0.5, 0.6) is 0 Å². The van der Waals surface area contributed by atoms with E-state index in [9.17, 15) is 9.90 Å². The lowest BCUT2D eigenvalue weighted by atomic mass is 10.1. The van der Waals surface area contributed by atoms with Crippen LogP contribution >= 0.6 is 11.6 Å². The lowest BCUT2D eigenvalue weighted by Gasteiger charge is -2.20. The van der Waals surface area contributed by atoms with Crippen molar-refractivity contribution in [2.45, 2.75) is 39.7 Å². The molecule has 3 aromatic rings. The molecule has 0 amide bonds. The number of imidazole rings is 1. The summed E-state index contributed by atoms with van der Waals surface area (Å²) in [6.07, 6.45) is 3.59. The molecule has 0 radical (unpaired) electrons. The topological polar surface area (TPSA) is 58.4 Å². The summed E-state index contributed by atoms with van der Waals surface area (Å²) in [6, 6.07) is 11.1. The van der Waals surface area contributed by atoms with Crippen molar-refractivity contribution in [2.24, 2.45) is 0 Å². The van der Waals surface area contributed by atoms with Crippen LogP contribution in [0.3, 0.4) is 0 Å². The minimum absolute atomic E-state index is 0.254. The van der Waals surface area contributed by atoms with E-state index in [2.05, 4.69) is 29.9 Å². The standard InChI is InChI=1S/C22H26ClN3O2/c1-4-5-6-11-25(3)18-9-7-17(19(23)13-18)14-26-15(2)24-20-10-8-16(22(27)28)12-21(20)26/h7-10,12-13H,4-6,11,14H2,1-3H3,(H,27,28). The first kappa shape index (κ1) is 20.2. The molecule has 3 rings (SSSR count). The number of fused-ring (bicyclic) bond motifs is 1. The molecule has 0 unspecified atom stereocenters. The predicted octanol–water partition coefficient (Wildman–Crippen LogP) is 5.37. The molecule has 6 heteroatoms. The molecule has 2 aromatic carbocycles. The Balaban J connectivity index is 1.86. The van der Waals surface area contributed by atoms with E-state index in [1.807, 2.05) is 23.6 Å². The van der Waals surface area contributed by atoms with E-state index in [1.54, 1.807) is 18.2 Å². The Labute approximate surface area is 170 Å². The number of benzene rings is 2. The lowest BCUT2D eigenvalue weighted by Crippen LogP contribution is -2.18. The normalized spacial score (nSPS) is 11.1. The van der Waals surface area contributed by atoms with Gasteiger partial charge in [-0.15, -0.1) is 0 Å². The third-order valence-electron chi connectivity index (χ3n) is 5.09. The van der Waals surface area contributed by atoms with Crippen LogP contribution in [0.1, 0.15) is 47.9 Å². The molecule has 0 fully saturated rings. The van der Waals surface area contributed by atoms with Gasteiger partial charge in [0.2, 0.25) is 0 Å². The quantitative estimate of drug-likeness (QED) is 0.517. The molecule has 1 N–H and O–H groups in total. The number of carbonyl (C=O) groups is 1. The van der Waals surface area contributed by atoms with Gasteiger partial charge in [0.05, 0.1) is 23.1 Å². The summed E-state index contributed by atoms with van der Waals surface area (Å²) < 4.78 is 2.01. The number of aromatic nitrogens is 2. The highest BCUT2D eigenvalue weighted by molar-refractivity contribution is 6.31. The van der Waals surface area contributed by atoms with E-state index in [-0.39, 0.29) is 5.56 Å². The Morgan fingerprint density at radius 2 is 2.00 bits per heavy atom. The first-order valence-corrected chi connectivity index (χ1v) is 9.98. The van der Waals surface area contributed by atoms with Crippen molar-refractivity contribution in [3.8, 4) is 0 Å². The summed E-state index contributed by atoms with van der Waals surface area (Å²) >= 11 is 6.58. The van der Waals surface area contributed by atoms with E-state index in [0.717, 1.165) is 34.7 Å². The molecule has 0 aliphatic rings. The van der Waals surface area contributed by atoms with Crippen LogP contribution in [0.15, 0.2) is 36.4 Å². The van der Waals surface area contributed by atoms with E-state index in [4.69, 9.17) is 11.6 Å². The molecule has 0 aliphatic heterocycles. The maximum Gasteiger partial charge on any atom is 0.335 e. The number of anilines is 1. The number of unbranched alkanes of at least 4 members (excludes halogenated alkanes) is 2. The molecule has 0 saturated heterocycles. The second-order valence-corrected chi connectivity index (χ2v) is 7.57. The number of aryl methyl sites for hydroxylation is 1. The van der Waals surface area contributed by atoms with Crippen LogP contribution in [-0.4, -0.2) is 34.2 Å². The van der Waals surface area contributed by atoms with Gasteiger partial charge in [-0.05, 0) is 49.2 Å². The zero-order chi connectivity index (χ0) is 20.3. The molecular weight excluding hydrogens is 374 g/mol. The van der Waals surface area contributed by atoms with E-state index >= 15 is 0 Å². The van der Waals surface area contributed by atoms with Gasteiger partial charge in [-0.25, -0.2) is 9.78 Å². The van der Waals surface area contributed by atoms with Gasteiger partial charge in [-0.2, -0.15) is 0 Å². The minimum Gasteiger partial charge on any atom is -0.478 e. The van der Waals surface area contributed by atoms with Crippen LogP contribution < -0.4 is 4.90 Å². The molecule has 0 atom stereocenters. The third-order valence-corrected chi connectivity index (χ3v) is 5.44. The third kappa shape index (κ3) is 4.30. The zero-order valence-corrected chi connectivity index (χ0v) is 17.3. The van der Waals surface area contributed by atoms with E-state index < -0.39 is 5.97 Å². The Bertz CT molecular complexity index is 997. The Hall–Kier alpha value is -2.53. The molecule has 1 heterocycles. The second-order valence-electron chi connectivity index (χ2n) is 7.16. The number of nitrogens with zero attached hydrogens (tertiary/aromatic N) is 3. The molecule has 0 bridgehead atoms. The van der Waals surface area contributed by atoms with Crippen LogP contribution in [0.4, 0.5) is 5.69 Å². The first-order chi connectivity index (χ1) is 13.4. The van der Waals surface area contributed by atoms with Crippen LogP contribution in [0, 0.1) is 6.92 Å². The zero-order valence-electron chi connectivity index (χ0n) is 16.6. The van der Waals surface area contributed by atoms with Gasteiger partial charge in [-0.1, -0.05) is 37.4 Å². The number of hydrogen-bond donors (Lipinski definition) is 1. The average Bonchev–Trinajstić information content (AvgIpc) is 2.98. The molecule has 28 heavy (non-hydrogen) atoms. The van der Waals surface area contributed by atoms with Crippen LogP contribution in [0.2, 0.25) is 5.02 Å². The number of hydrogen-bond acceptors (Lipinski definition) is 3. The van der Waals surface area contributed by atoms with Gasteiger partial charge in [0.1, 0.15) is 5.82 Å². The molecule has 0 saturated carbocycles. The monoisotopic (exact) mass is 399 g/mol. The molecule has 0 aliphatic carbocycles. The van der Waals surface area contributed by atoms with Crippen molar-refractivity contribution in [2.75, 3.05) is 18.5 Å². The van der Waals surface area contributed by atoms with Crippen molar-refractivity contribution >= 4 is 34.3 Å². The van der Waals surface area contributed by atoms with Crippen LogP contribution in [0.25, 0.3) is 11.0 Å². The van der Waals surface area contributed by atoms with Gasteiger partial charge in [0.15, 0.2) is 0 Å². The Morgan fingerprint density at radius 3 is 2.68 bits per heavy atom. The van der Waals surface area contributed by atoms with Crippen molar-refractivity contribution < 1.29 is 9.90 Å². The lowest BCUT2D eigenvalue weighted by molar-refractivity contribution is 0.0697. The molecule has 5 nitrogen and oxygen atoms in total. The fourth-order valence-electron chi connectivity index (χ4n) is 3.38. The summed E-state index contributed by atoms with van der Waals surface area (Å²) in [5, 5.41) is 9.98. The van der Waals surface area contributed by atoms with Gasteiger partial charge in [0, 0.05) is 24.3 Å². The summed E-state index contributed by atoms with van der Waals surface area (Å²) in [5.41, 5.74) is 3.92. The number of carboxylic acids is 1. The highest BCUT2D eigenvalue weighted by Gasteiger charge is 2.13. The smallest absolute Gasteiger partial charge is 0.335 e. The minimum atomic E-state index is -0.944. The Kier molecular flexibility index (Phi) is 6.25. The summed E-state index contributed by atoms with van der Waals surface area (Å²) in [7, 11) is 2.09. The summed E-state index contributed by atoms with van der Waals surface area (Å²) in [4.78, 5) is 18.1. The molecule has 148 valence electrons. The SMILES string of the molecule is CCCCCN(C)c1ccc(Cn2c(C)nc3ccc(C(=O)O)cc32)c(Cl)c1. The van der Waals surface area contributed by atoms with Gasteiger partial charge >= 0.3 is 5.97 Å². The van der Waals surface area contributed by atoms with Gasteiger partial charge in [0.25, 0.3) is 0 Å². The predicted molar refractivity (Wildman–Crippen MR) is 115 cm³/mol. The number of carboxylic acid groups (broad SMARTS) is 1. The maximum atomic E-state index is 11.3. The first-order valence-electron chi connectivity index (χ1n) is 9.60. The van der Waals surface area contributed by atoms with Crippen molar-refractivity contribution in [1.82, 2.24) is 9.55 Å². The van der Waals surface area contributed by atoms with E-state index in [0.29, 0.717) is 11.6 Å². The van der Waals surface area contributed by atoms with Crippen molar-refractivity contribution in [3.63, 3.8) is 0 Å². The largest absolute Gasteiger partial charge is 0.478 e. The summed E-state index contributed by atoms with van der Waals surface area (Å²) in [6.45, 7) is 5.67. The second kappa shape index (κ2) is 8.65. The number of rotatable bonds is 8. The average molecular weight is 400 g/mol. The van der Waals surface area contributed by atoms with Gasteiger partial charge < -0.3 is 14.6 Å². The van der Waals surface area contributed by atoms with E-state index in [1.165, 1.54) is 19.3 Å². The van der Waals surface area contributed by atoms with Gasteiger partial charge in [-0.3, -0.25) is 0 Å². The Morgan fingerprint density at radius 1 is 1.21 bits per heavy atom. The maximum absolute atomic E-state index is 11.3.